The average Bonchev–Trinajstić information content (AvgIpc) is 2.87. The van der Waals surface area contributed by atoms with Crippen molar-refractivity contribution >= 4 is 5.97 Å². The summed E-state index contributed by atoms with van der Waals surface area (Å²) in [4.78, 5) is 13.2. The molecule has 4 unspecified atom stereocenters. The molecule has 6 rings (SSSR count). The summed E-state index contributed by atoms with van der Waals surface area (Å²) in [6.45, 7) is 12.6. The summed E-state index contributed by atoms with van der Waals surface area (Å²) in [7, 11) is 0. The van der Waals surface area contributed by atoms with Gasteiger partial charge in [0, 0.05) is 6.42 Å². The van der Waals surface area contributed by atoms with Crippen molar-refractivity contribution in [3.8, 4) is 0 Å². The van der Waals surface area contributed by atoms with E-state index in [1.54, 1.807) is 0 Å². The molecule has 0 heterocycles. The zero-order valence-corrected chi connectivity index (χ0v) is 26.0. The summed E-state index contributed by atoms with van der Waals surface area (Å²) in [5.41, 5.74) is 3.08. The summed E-state index contributed by atoms with van der Waals surface area (Å²) >= 11 is 0. The van der Waals surface area contributed by atoms with Gasteiger partial charge in [0.15, 0.2) is 0 Å². The van der Waals surface area contributed by atoms with Gasteiger partial charge in [0.1, 0.15) is 5.60 Å². The van der Waals surface area contributed by atoms with Crippen LogP contribution >= 0.6 is 0 Å². The molecule has 1 aromatic carbocycles. The van der Waals surface area contributed by atoms with Crippen LogP contribution < -0.4 is 0 Å². The van der Waals surface area contributed by atoms with Gasteiger partial charge in [-0.1, -0.05) is 52.7 Å². The normalized spacial score (nSPS) is 33.8. The maximum Gasteiger partial charge on any atom is 0.312 e. The van der Waals surface area contributed by atoms with E-state index in [-0.39, 0.29) is 41.9 Å². The zero-order valence-electron chi connectivity index (χ0n) is 26.0. The number of hydrogen-bond donors (Lipinski definition) is 2. The molecule has 224 valence electrons. The maximum atomic E-state index is 13.2. The van der Waals surface area contributed by atoms with Crippen molar-refractivity contribution in [1.82, 2.24) is 0 Å². The number of hydrogen-bond acceptors (Lipinski definition) is 5. The van der Waals surface area contributed by atoms with Crippen molar-refractivity contribution in [3.05, 3.63) is 34.4 Å². The standard InChI is InChI=1S/C35H54O5/c1-7-33(5,6)31(38)40-35-18-23-12-24(19-35)17-34(16-23,22-35)39-30-11-9-8-10-25(30)15-29-26(20-36)13-28(32(2,3)4)14-27(29)21-37/h13-14,23-25,30,36-37H,7-12,15-22H2,1-6H3. The van der Waals surface area contributed by atoms with Gasteiger partial charge in [-0.05, 0) is 117 Å². The molecule has 0 amide bonds. The van der Waals surface area contributed by atoms with E-state index >= 15 is 0 Å². The first-order valence-electron chi connectivity index (χ1n) is 16.1. The summed E-state index contributed by atoms with van der Waals surface area (Å²) in [6.07, 6.45) is 12.6. The van der Waals surface area contributed by atoms with Crippen molar-refractivity contribution in [2.75, 3.05) is 0 Å². The number of carbonyl (C=O) groups excluding carboxylic acids is 1. The monoisotopic (exact) mass is 554 g/mol. The number of rotatable bonds is 9. The van der Waals surface area contributed by atoms with Gasteiger partial charge in [-0.25, -0.2) is 0 Å². The lowest BCUT2D eigenvalue weighted by Crippen LogP contribution is -2.63. The third-order valence-electron chi connectivity index (χ3n) is 11.0. The Morgan fingerprint density at radius 3 is 2.05 bits per heavy atom. The number of aliphatic hydroxyl groups is 2. The molecule has 0 aromatic heterocycles. The Bertz CT molecular complexity index is 1040. The number of ether oxygens (including phenoxy) is 2. The third-order valence-corrected chi connectivity index (χ3v) is 11.0. The molecular formula is C35H54O5. The van der Waals surface area contributed by atoms with Crippen LogP contribution in [0.2, 0.25) is 0 Å². The first-order valence-corrected chi connectivity index (χ1v) is 16.1. The van der Waals surface area contributed by atoms with Gasteiger partial charge in [-0.15, -0.1) is 0 Å². The van der Waals surface area contributed by atoms with E-state index in [4.69, 9.17) is 9.47 Å². The van der Waals surface area contributed by atoms with E-state index in [1.807, 2.05) is 13.8 Å². The predicted molar refractivity (Wildman–Crippen MR) is 158 cm³/mol. The molecule has 5 nitrogen and oxygen atoms in total. The highest BCUT2D eigenvalue weighted by Crippen LogP contribution is 2.61. The molecule has 5 fully saturated rings. The van der Waals surface area contributed by atoms with Crippen LogP contribution in [0, 0.1) is 23.2 Å². The van der Waals surface area contributed by atoms with E-state index in [0.717, 1.165) is 80.0 Å². The Balaban J connectivity index is 1.38. The molecule has 0 aliphatic heterocycles. The maximum absolute atomic E-state index is 13.2. The minimum absolute atomic E-state index is 0.0141. The van der Waals surface area contributed by atoms with Gasteiger partial charge in [0.2, 0.25) is 0 Å². The summed E-state index contributed by atoms with van der Waals surface area (Å²) in [6, 6.07) is 4.28. The molecule has 0 radical (unpaired) electrons. The molecule has 0 saturated heterocycles. The molecule has 0 spiro atoms. The second-order valence-corrected chi connectivity index (χ2v) is 15.7. The van der Waals surface area contributed by atoms with Gasteiger partial charge in [-0.3, -0.25) is 4.79 Å². The van der Waals surface area contributed by atoms with Crippen molar-refractivity contribution < 1.29 is 24.5 Å². The van der Waals surface area contributed by atoms with E-state index in [0.29, 0.717) is 17.8 Å². The van der Waals surface area contributed by atoms with Gasteiger partial charge in [0.25, 0.3) is 0 Å². The second-order valence-electron chi connectivity index (χ2n) is 15.7. The van der Waals surface area contributed by atoms with Crippen LogP contribution in [0.25, 0.3) is 0 Å². The van der Waals surface area contributed by atoms with Crippen LogP contribution in [0.5, 0.6) is 0 Å². The second kappa shape index (κ2) is 11.0. The lowest BCUT2D eigenvalue weighted by molar-refractivity contribution is -0.255. The minimum atomic E-state index is -0.455. The molecule has 5 aliphatic carbocycles. The Morgan fingerprint density at radius 1 is 0.925 bits per heavy atom. The third kappa shape index (κ3) is 5.90. The summed E-state index contributed by atoms with van der Waals surface area (Å²) < 4.78 is 13.8. The van der Waals surface area contributed by atoms with Crippen LogP contribution in [0.1, 0.15) is 134 Å². The first kappa shape index (κ1) is 30.0. The van der Waals surface area contributed by atoms with Crippen LogP contribution in [-0.2, 0) is 39.3 Å². The van der Waals surface area contributed by atoms with E-state index < -0.39 is 5.41 Å². The van der Waals surface area contributed by atoms with Gasteiger partial charge < -0.3 is 19.7 Å². The minimum Gasteiger partial charge on any atom is -0.459 e. The molecule has 40 heavy (non-hydrogen) atoms. The highest BCUT2D eigenvalue weighted by atomic mass is 16.6. The lowest BCUT2D eigenvalue weighted by Gasteiger charge is -2.62. The SMILES string of the molecule is CCC(C)(C)C(=O)OC12CC3CC(C1)CC(OC1CCCCC1Cc1c(CO)cc(C(C)(C)C)cc1CO)(C3)C2. The Morgan fingerprint density at radius 2 is 1.50 bits per heavy atom. The molecule has 2 N–H and O–H groups in total. The van der Waals surface area contributed by atoms with Crippen LogP contribution in [0.4, 0.5) is 0 Å². The van der Waals surface area contributed by atoms with Crippen molar-refractivity contribution in [1.29, 1.82) is 0 Å². The molecular weight excluding hydrogens is 500 g/mol. The summed E-state index contributed by atoms with van der Waals surface area (Å²) in [5.74, 6) is 1.46. The Kier molecular flexibility index (Phi) is 8.27. The van der Waals surface area contributed by atoms with Crippen LogP contribution in [0.15, 0.2) is 12.1 Å². The van der Waals surface area contributed by atoms with Crippen LogP contribution in [0.3, 0.4) is 0 Å². The predicted octanol–water partition coefficient (Wildman–Crippen LogP) is 7.16. The number of benzene rings is 1. The number of aliphatic hydroxyl groups excluding tert-OH is 2. The zero-order chi connectivity index (χ0) is 28.9. The Labute approximate surface area is 242 Å². The van der Waals surface area contributed by atoms with Crippen molar-refractivity contribution in [2.45, 2.75) is 155 Å². The van der Waals surface area contributed by atoms with Gasteiger partial charge in [0.05, 0.1) is 30.3 Å². The van der Waals surface area contributed by atoms with E-state index in [9.17, 15) is 15.0 Å². The number of carbonyl (C=O) groups is 1. The molecule has 5 saturated carbocycles. The Hall–Kier alpha value is -1.43. The highest BCUT2D eigenvalue weighted by molar-refractivity contribution is 5.76. The van der Waals surface area contributed by atoms with Gasteiger partial charge in [-0.2, -0.15) is 0 Å². The quantitative estimate of drug-likeness (QED) is 0.317. The fourth-order valence-electron chi connectivity index (χ4n) is 8.75. The first-order chi connectivity index (χ1) is 18.8. The highest BCUT2D eigenvalue weighted by Gasteiger charge is 2.61. The smallest absolute Gasteiger partial charge is 0.312 e. The fourth-order valence-corrected chi connectivity index (χ4v) is 8.75. The fraction of sp³-hybridized carbons (Fsp3) is 0.800. The lowest BCUT2D eigenvalue weighted by atomic mass is 9.52. The topological polar surface area (TPSA) is 76.0 Å². The molecule has 4 atom stereocenters. The average molecular weight is 555 g/mol. The molecule has 1 aromatic rings. The van der Waals surface area contributed by atoms with Crippen LogP contribution in [-0.4, -0.2) is 33.5 Å². The van der Waals surface area contributed by atoms with E-state index in [1.165, 1.54) is 19.3 Å². The van der Waals surface area contributed by atoms with Gasteiger partial charge >= 0.3 is 5.97 Å². The molecule has 4 bridgehead atoms. The summed E-state index contributed by atoms with van der Waals surface area (Å²) in [5, 5.41) is 20.7. The molecule has 5 heteroatoms. The molecule has 5 aliphatic rings. The van der Waals surface area contributed by atoms with E-state index in [2.05, 4.69) is 39.8 Å². The largest absolute Gasteiger partial charge is 0.459 e. The van der Waals surface area contributed by atoms with Crippen molar-refractivity contribution in [3.63, 3.8) is 0 Å². The number of esters is 1. The van der Waals surface area contributed by atoms with Crippen molar-refractivity contribution in [2.24, 2.45) is 23.2 Å².